The van der Waals surface area contributed by atoms with Crippen LogP contribution in [0.2, 0.25) is 19.6 Å². The third-order valence-electron chi connectivity index (χ3n) is 6.35. The summed E-state index contributed by atoms with van der Waals surface area (Å²) in [7, 11) is -1.34. The number of aromatic nitrogens is 1. The van der Waals surface area contributed by atoms with Crippen LogP contribution in [0.1, 0.15) is 39.2 Å². The molecule has 199 valence electrons. The average Bonchev–Trinajstić information content (AvgIpc) is 3.20. The molecule has 0 aliphatic heterocycles. The van der Waals surface area contributed by atoms with Crippen LogP contribution in [0.15, 0.2) is 72.6 Å². The zero-order valence-electron chi connectivity index (χ0n) is 23.0. The van der Waals surface area contributed by atoms with Gasteiger partial charge in [0.05, 0.1) is 13.8 Å². The molecule has 2 aromatic heterocycles. The number of hydrogen-bond donors (Lipinski definition) is 1. The normalized spacial score (nSPS) is 11.9. The fourth-order valence-corrected chi connectivity index (χ4v) is 6.96. The summed E-state index contributed by atoms with van der Waals surface area (Å²) in [4.78, 5) is 14.9. The van der Waals surface area contributed by atoms with E-state index in [-0.39, 0.29) is 31.6 Å². The van der Waals surface area contributed by atoms with E-state index in [4.69, 9.17) is 10.1 Å². The number of carbonyl (C=O) groups is 1. The molecule has 0 atom stereocenters. The maximum atomic E-state index is 10.0. The summed E-state index contributed by atoms with van der Waals surface area (Å²) in [5, 5.41) is 14.9. The summed E-state index contributed by atoms with van der Waals surface area (Å²) < 4.78 is 2.67. The van der Waals surface area contributed by atoms with Gasteiger partial charge >= 0.3 is 0 Å². The SMILES string of the molecule is CC(=O)/C=C(/C)O.CC(C)c1cc(-c2nccc3sc4cc([Si](C)(C)C)ccc4c23)[c-]c2ccccc12.[Ir]. The monoisotopic (exact) mass is 717 g/mol. The van der Waals surface area contributed by atoms with Crippen LogP contribution in [0.3, 0.4) is 0 Å². The molecule has 6 heteroatoms. The standard InChI is InChI=1S/C27H26NSSi.C5H8O2.Ir/c1-17(2)23-15-19(14-18-8-6-7-9-21(18)23)27-26-22-11-10-20(30(3,4)5)16-25(22)29-24(26)12-13-28-27;1-4(6)3-5(2)7;/h6-13,15-17H,1-5H3;3,6H,1-2H3;/q-1;;/b;4-3-;. The topological polar surface area (TPSA) is 50.2 Å². The van der Waals surface area contributed by atoms with Crippen LogP contribution >= 0.6 is 11.3 Å². The van der Waals surface area contributed by atoms with E-state index in [9.17, 15) is 4.79 Å². The number of hydrogen-bond acceptors (Lipinski definition) is 4. The van der Waals surface area contributed by atoms with E-state index < -0.39 is 8.07 Å². The molecule has 0 aliphatic rings. The fourth-order valence-electron chi connectivity index (χ4n) is 4.55. The Labute approximate surface area is 244 Å². The van der Waals surface area contributed by atoms with E-state index in [1.54, 1.807) is 0 Å². The second-order valence-corrected chi connectivity index (χ2v) is 17.0. The number of aliphatic hydroxyl groups is 1. The van der Waals surface area contributed by atoms with Crippen LogP contribution in [0.4, 0.5) is 0 Å². The molecule has 3 aromatic carbocycles. The molecule has 0 aliphatic carbocycles. The van der Waals surface area contributed by atoms with Crippen molar-refractivity contribution in [1.82, 2.24) is 4.98 Å². The largest absolute Gasteiger partial charge is 0.512 e. The summed E-state index contributed by atoms with van der Waals surface area (Å²) in [6.07, 6.45) is 3.12. The van der Waals surface area contributed by atoms with Crippen molar-refractivity contribution in [2.45, 2.75) is 53.3 Å². The van der Waals surface area contributed by atoms with Gasteiger partial charge in [0.1, 0.15) is 0 Å². The number of pyridine rings is 1. The molecular formula is C32H34IrNO2SSi-. The average molecular weight is 717 g/mol. The smallest absolute Gasteiger partial charge is 0.155 e. The number of carbonyl (C=O) groups excluding carboxylic acids is 1. The Kier molecular flexibility index (Phi) is 9.48. The first-order chi connectivity index (χ1) is 17.5. The van der Waals surface area contributed by atoms with E-state index >= 15 is 0 Å². The molecule has 2 heterocycles. The van der Waals surface area contributed by atoms with Gasteiger partial charge in [-0.05, 0) is 42.7 Å². The number of nitrogens with zero attached hydrogens (tertiary/aromatic N) is 1. The number of allylic oxidation sites excluding steroid dienone is 2. The van der Waals surface area contributed by atoms with E-state index in [1.807, 2.05) is 17.5 Å². The molecule has 5 aromatic rings. The molecule has 0 fully saturated rings. The van der Waals surface area contributed by atoms with Crippen molar-refractivity contribution in [3.8, 4) is 11.3 Å². The van der Waals surface area contributed by atoms with Crippen LogP contribution in [-0.4, -0.2) is 23.9 Å². The van der Waals surface area contributed by atoms with Crippen LogP contribution in [0.5, 0.6) is 0 Å². The van der Waals surface area contributed by atoms with Crippen molar-refractivity contribution in [3.05, 3.63) is 84.3 Å². The molecule has 0 spiro atoms. The van der Waals surface area contributed by atoms with Gasteiger partial charge in [0.2, 0.25) is 0 Å². The molecular weight excluding hydrogens is 683 g/mol. The number of benzene rings is 3. The second kappa shape index (κ2) is 12.0. The fraction of sp³-hybridized carbons (Fsp3) is 0.250. The Balaban J connectivity index is 0.000000444. The van der Waals surface area contributed by atoms with E-state index in [0.29, 0.717) is 5.92 Å². The quantitative estimate of drug-likeness (QED) is 0.0876. The molecule has 0 bridgehead atoms. The first-order valence-corrected chi connectivity index (χ1v) is 16.9. The first-order valence-electron chi connectivity index (χ1n) is 12.6. The number of fused-ring (bicyclic) bond motifs is 4. The van der Waals surface area contributed by atoms with Crippen molar-refractivity contribution in [2.75, 3.05) is 0 Å². The third kappa shape index (κ3) is 6.49. The molecule has 0 unspecified atom stereocenters. The predicted octanol–water partition coefficient (Wildman–Crippen LogP) is 8.77. The summed E-state index contributed by atoms with van der Waals surface area (Å²) in [6.45, 7) is 14.6. The van der Waals surface area contributed by atoms with Gasteiger partial charge in [-0.15, -0.1) is 40.5 Å². The van der Waals surface area contributed by atoms with Crippen molar-refractivity contribution in [1.29, 1.82) is 0 Å². The van der Waals surface area contributed by atoms with Gasteiger partial charge in [0.25, 0.3) is 0 Å². The molecule has 38 heavy (non-hydrogen) atoms. The first kappa shape index (κ1) is 29.9. The molecule has 3 nitrogen and oxygen atoms in total. The Morgan fingerprint density at radius 2 is 1.71 bits per heavy atom. The summed E-state index contributed by atoms with van der Waals surface area (Å²) in [6, 6.07) is 23.8. The molecule has 0 amide bonds. The van der Waals surface area contributed by atoms with Gasteiger partial charge in [-0.1, -0.05) is 80.0 Å². The van der Waals surface area contributed by atoms with Crippen LogP contribution in [0, 0.1) is 6.07 Å². The number of aliphatic hydroxyl groups excluding tert-OH is 1. The molecule has 0 saturated carbocycles. The zero-order chi connectivity index (χ0) is 26.9. The van der Waals surface area contributed by atoms with Gasteiger partial charge in [-0.2, -0.15) is 0 Å². The van der Waals surface area contributed by atoms with Crippen molar-refractivity contribution >= 4 is 61.3 Å². The minimum Gasteiger partial charge on any atom is -0.512 e. The van der Waals surface area contributed by atoms with Crippen LogP contribution in [-0.2, 0) is 24.9 Å². The number of thiophene rings is 1. The van der Waals surface area contributed by atoms with Gasteiger partial charge in [-0.25, -0.2) is 0 Å². The van der Waals surface area contributed by atoms with Gasteiger partial charge in [-0.3, -0.25) is 9.78 Å². The van der Waals surface area contributed by atoms with E-state index in [2.05, 4.69) is 94.2 Å². The maximum Gasteiger partial charge on any atom is 0.155 e. The minimum absolute atomic E-state index is 0. The summed E-state index contributed by atoms with van der Waals surface area (Å²) in [5.74, 6) is 0.383. The van der Waals surface area contributed by atoms with Gasteiger partial charge in [0, 0.05) is 47.5 Å². The second-order valence-electron chi connectivity index (χ2n) is 10.8. The molecule has 1 radical (unpaired) electrons. The third-order valence-corrected chi connectivity index (χ3v) is 9.51. The molecule has 0 saturated heterocycles. The Morgan fingerprint density at radius 3 is 2.32 bits per heavy atom. The minimum atomic E-state index is -1.34. The van der Waals surface area contributed by atoms with Crippen LogP contribution in [0.25, 0.3) is 42.2 Å². The van der Waals surface area contributed by atoms with Crippen molar-refractivity contribution in [2.24, 2.45) is 0 Å². The molecule has 5 rings (SSSR count). The Bertz CT molecular complexity index is 1640. The van der Waals surface area contributed by atoms with E-state index in [1.165, 1.54) is 56.2 Å². The zero-order valence-corrected chi connectivity index (χ0v) is 27.2. The maximum absolute atomic E-state index is 10.0. The Hall–Kier alpha value is -2.63. The van der Waals surface area contributed by atoms with Gasteiger partial charge < -0.3 is 5.11 Å². The predicted molar refractivity (Wildman–Crippen MR) is 163 cm³/mol. The van der Waals surface area contributed by atoms with Crippen molar-refractivity contribution in [3.63, 3.8) is 0 Å². The Morgan fingerprint density at radius 1 is 1.00 bits per heavy atom. The summed E-state index contributed by atoms with van der Waals surface area (Å²) in [5.41, 5.74) is 3.50. The molecule has 1 N–H and O–H groups in total. The number of ketones is 1. The van der Waals surface area contributed by atoms with Crippen molar-refractivity contribution < 1.29 is 30.0 Å². The summed E-state index contributed by atoms with van der Waals surface area (Å²) >= 11 is 1.88. The van der Waals surface area contributed by atoms with E-state index in [0.717, 1.165) is 16.6 Å². The van der Waals surface area contributed by atoms with Crippen LogP contribution < -0.4 is 5.19 Å². The van der Waals surface area contributed by atoms with Gasteiger partial charge in [0.15, 0.2) is 5.78 Å². The number of rotatable bonds is 4.